The van der Waals surface area contributed by atoms with Crippen molar-refractivity contribution < 1.29 is 27.6 Å². The highest BCUT2D eigenvalue weighted by molar-refractivity contribution is 9.15. The molecule has 4 aromatic carbocycles. The van der Waals surface area contributed by atoms with Crippen LogP contribution in [0.5, 0.6) is 0 Å². The zero-order valence-corrected chi connectivity index (χ0v) is 31.1. The molecule has 8 nitrogen and oxygen atoms in total. The maximum atomic E-state index is 14.1. The van der Waals surface area contributed by atoms with Gasteiger partial charge in [0.1, 0.15) is 0 Å². The molecule has 0 unspecified atom stereocenters. The summed E-state index contributed by atoms with van der Waals surface area (Å²) in [5, 5.41) is 0. The highest BCUT2D eigenvalue weighted by Crippen LogP contribution is 2.48. The van der Waals surface area contributed by atoms with Crippen LogP contribution in [-0.4, -0.2) is 32.0 Å². The fourth-order valence-corrected chi connectivity index (χ4v) is 9.56. The third-order valence-electron chi connectivity index (χ3n) is 6.81. The van der Waals surface area contributed by atoms with Crippen molar-refractivity contribution >= 4 is 140 Å². The van der Waals surface area contributed by atoms with Crippen LogP contribution < -0.4 is 9.80 Å². The quantitative estimate of drug-likeness (QED) is 0.150. The topological polar surface area (TPSA) is 109 Å². The normalized spacial score (nSPS) is 14.6. The number of sulfone groups is 1. The molecule has 2 aliphatic rings. The molecule has 0 bridgehead atoms. The van der Waals surface area contributed by atoms with E-state index in [1.807, 2.05) is 0 Å². The molecule has 2 aliphatic heterocycles. The number of benzene rings is 4. The van der Waals surface area contributed by atoms with Crippen molar-refractivity contribution in [1.29, 1.82) is 0 Å². The van der Waals surface area contributed by atoms with Crippen LogP contribution in [0.1, 0.15) is 41.4 Å². The van der Waals surface area contributed by atoms with Gasteiger partial charge in [-0.25, -0.2) is 18.2 Å². The van der Waals surface area contributed by atoms with Crippen LogP contribution in [0.2, 0.25) is 0 Å². The van der Waals surface area contributed by atoms with Gasteiger partial charge in [-0.2, -0.15) is 0 Å². The molecule has 0 N–H and O–H groups in total. The van der Waals surface area contributed by atoms with Crippen LogP contribution in [0.4, 0.5) is 11.4 Å². The number of amides is 4. The van der Waals surface area contributed by atoms with Crippen molar-refractivity contribution in [2.45, 2.75) is 9.79 Å². The van der Waals surface area contributed by atoms with Crippen molar-refractivity contribution in [2.75, 3.05) is 9.80 Å². The minimum Gasteiger partial charge on any atom is -0.268 e. The molecule has 43 heavy (non-hydrogen) atoms. The number of carbonyl (C=O) groups is 4. The van der Waals surface area contributed by atoms with Crippen LogP contribution >= 0.6 is 95.6 Å². The first-order valence-corrected chi connectivity index (χ1v) is 18.1. The summed E-state index contributed by atoms with van der Waals surface area (Å²) in [6.45, 7) is 0. The third kappa shape index (κ3) is 4.60. The molecule has 0 saturated carbocycles. The second-order valence-corrected chi connectivity index (χ2v) is 15.9. The highest BCUT2D eigenvalue weighted by atomic mass is 79.9. The molecule has 0 atom stereocenters. The number of hydrogen-bond acceptors (Lipinski definition) is 6. The summed E-state index contributed by atoms with van der Waals surface area (Å²) in [5.41, 5.74) is -0.655. The molecule has 2 heterocycles. The second kappa shape index (κ2) is 11.1. The molecule has 6 rings (SSSR count). The Morgan fingerprint density at radius 3 is 1.56 bits per heavy atom. The SMILES string of the molecule is O=C1c2cc(Br)c(Br)c(Br)c2C(=O)N1c1cccc(S(=O)(=O)c2ccccc2)c1N1C(=O)c2cc(Br)c(Br)c(Br)c2C1=O. The van der Waals surface area contributed by atoms with Crippen LogP contribution in [0.3, 0.4) is 0 Å². The van der Waals surface area contributed by atoms with Gasteiger partial charge in [-0.05, 0) is 132 Å². The first-order valence-electron chi connectivity index (χ1n) is 11.8. The smallest absolute Gasteiger partial charge is 0.267 e. The van der Waals surface area contributed by atoms with Gasteiger partial charge in [0.25, 0.3) is 23.6 Å². The molecule has 0 spiro atoms. The number of rotatable bonds is 4. The lowest BCUT2D eigenvalue weighted by atomic mass is 10.1. The van der Waals surface area contributed by atoms with E-state index >= 15 is 0 Å². The summed E-state index contributed by atoms with van der Waals surface area (Å²) in [5.74, 6) is -3.24. The van der Waals surface area contributed by atoms with Gasteiger partial charge in [-0.3, -0.25) is 19.2 Å². The summed E-state index contributed by atoms with van der Waals surface area (Å²) >= 11 is 20.2. The lowest BCUT2D eigenvalue weighted by Crippen LogP contribution is -2.36. The van der Waals surface area contributed by atoms with Crippen LogP contribution in [0.25, 0.3) is 0 Å². The zero-order valence-electron chi connectivity index (χ0n) is 20.8. The lowest BCUT2D eigenvalue weighted by molar-refractivity contribution is 0.0903. The van der Waals surface area contributed by atoms with Gasteiger partial charge >= 0.3 is 0 Å². The predicted octanol–water partition coefficient (Wildman–Crippen LogP) is 8.70. The number of hydrogen-bond donors (Lipinski definition) is 0. The average Bonchev–Trinajstić information content (AvgIpc) is 3.37. The second-order valence-electron chi connectivity index (χ2n) is 9.15. The summed E-state index contributed by atoms with van der Waals surface area (Å²) in [7, 11) is -4.39. The van der Waals surface area contributed by atoms with Gasteiger partial charge in [0.15, 0.2) is 0 Å². The Hall–Kier alpha value is -2.01. The largest absolute Gasteiger partial charge is 0.268 e. The van der Waals surface area contributed by atoms with E-state index in [-0.39, 0.29) is 37.3 Å². The van der Waals surface area contributed by atoms with Crippen molar-refractivity contribution in [3.05, 3.63) is 110 Å². The zero-order chi connectivity index (χ0) is 31.1. The number of anilines is 2. The molecule has 216 valence electrons. The molecule has 0 fully saturated rings. The molecule has 4 aromatic rings. The van der Waals surface area contributed by atoms with Crippen LogP contribution in [0, 0.1) is 0 Å². The fourth-order valence-electron chi connectivity index (χ4n) is 4.88. The first kappa shape index (κ1) is 31.0. The van der Waals surface area contributed by atoms with E-state index in [0.717, 1.165) is 4.90 Å². The standard InChI is InChI=1S/C28H10Br6N2O6S/c29-14-9-12-18(22(33)20(14)31)27(39)35(25(12)37)16-7-4-8-17(43(41,42)11-5-2-1-3-6-11)24(16)36-26(38)13-10-15(30)21(32)23(34)19(13)28(36)40/h1-10H. The van der Waals surface area contributed by atoms with Gasteiger partial charge < -0.3 is 0 Å². The molecule has 0 aliphatic carbocycles. The molecular formula is C28H10Br6N2O6S. The highest BCUT2D eigenvalue weighted by Gasteiger charge is 2.47. The van der Waals surface area contributed by atoms with E-state index in [9.17, 15) is 27.6 Å². The Bertz CT molecular complexity index is 2100. The number of fused-ring (bicyclic) bond motifs is 2. The molecule has 4 amide bonds. The minimum atomic E-state index is -4.39. The summed E-state index contributed by atoms with van der Waals surface area (Å²) in [6.07, 6.45) is 0. The van der Waals surface area contributed by atoms with Gasteiger partial charge in [-0.1, -0.05) is 24.3 Å². The third-order valence-corrected chi connectivity index (χ3v) is 15.2. The van der Waals surface area contributed by atoms with E-state index in [4.69, 9.17) is 0 Å². The maximum Gasteiger partial charge on any atom is 0.267 e. The Kier molecular flexibility index (Phi) is 8.00. The van der Waals surface area contributed by atoms with Gasteiger partial charge in [-0.15, -0.1) is 0 Å². The van der Waals surface area contributed by atoms with Crippen molar-refractivity contribution in [3.8, 4) is 0 Å². The van der Waals surface area contributed by atoms with E-state index in [1.165, 1.54) is 54.6 Å². The Balaban J connectivity index is 1.66. The van der Waals surface area contributed by atoms with E-state index in [1.54, 1.807) is 6.07 Å². The number of carbonyl (C=O) groups excluding carboxylic acids is 4. The van der Waals surface area contributed by atoms with E-state index in [0.29, 0.717) is 27.3 Å². The lowest BCUT2D eigenvalue weighted by Gasteiger charge is -2.25. The maximum absolute atomic E-state index is 14.1. The minimum absolute atomic E-state index is 0.0113. The monoisotopic (exact) mass is 976 g/mol. The van der Waals surface area contributed by atoms with Crippen LogP contribution in [-0.2, 0) is 9.84 Å². The average molecular weight is 982 g/mol. The van der Waals surface area contributed by atoms with E-state index < -0.39 is 44.0 Å². The number of para-hydroxylation sites is 1. The van der Waals surface area contributed by atoms with Crippen molar-refractivity contribution in [2.24, 2.45) is 0 Å². The van der Waals surface area contributed by atoms with E-state index in [2.05, 4.69) is 95.6 Å². The van der Waals surface area contributed by atoms with Gasteiger partial charge in [0.2, 0.25) is 9.84 Å². The fraction of sp³-hybridized carbons (Fsp3) is 0. The number of halogens is 6. The van der Waals surface area contributed by atoms with Crippen LogP contribution in [0.15, 0.2) is 97.3 Å². The predicted molar refractivity (Wildman–Crippen MR) is 180 cm³/mol. The Labute approximate surface area is 294 Å². The molecule has 0 radical (unpaired) electrons. The van der Waals surface area contributed by atoms with Gasteiger partial charge in [0.05, 0.1) is 43.4 Å². The molecule has 0 aromatic heterocycles. The first-order chi connectivity index (χ1) is 20.3. The molecular weight excluding hydrogens is 972 g/mol. The van der Waals surface area contributed by atoms with Crippen molar-refractivity contribution in [1.82, 2.24) is 0 Å². The number of imide groups is 2. The Morgan fingerprint density at radius 1 is 0.535 bits per heavy atom. The number of nitrogens with zero attached hydrogens (tertiary/aromatic N) is 2. The summed E-state index contributed by atoms with van der Waals surface area (Å²) in [6, 6.07) is 14.2. The Morgan fingerprint density at radius 2 is 1.02 bits per heavy atom. The van der Waals surface area contributed by atoms with Gasteiger partial charge in [0, 0.05) is 26.8 Å². The summed E-state index contributed by atoms with van der Waals surface area (Å²) < 4.78 is 30.6. The van der Waals surface area contributed by atoms with Crippen molar-refractivity contribution in [3.63, 3.8) is 0 Å². The molecule has 15 heteroatoms. The molecule has 0 saturated heterocycles. The summed E-state index contributed by atoms with van der Waals surface area (Å²) in [4.78, 5) is 56.7.